The minimum Gasteiger partial charge on any atom is -0.483 e. The molecule has 0 heterocycles. The van der Waals surface area contributed by atoms with E-state index in [0.717, 1.165) is 0 Å². The van der Waals surface area contributed by atoms with E-state index in [2.05, 4.69) is 11.2 Å². The molecule has 0 bridgehead atoms. The molecular weight excluding hydrogens is 242 g/mol. The third-order valence-electron chi connectivity index (χ3n) is 1.94. The number of ether oxygens (including phenoxy) is 1. The van der Waals surface area contributed by atoms with Gasteiger partial charge in [-0.1, -0.05) is 17.5 Å². The van der Waals surface area contributed by atoms with Crippen LogP contribution in [0.5, 0.6) is 5.75 Å². The van der Waals surface area contributed by atoms with Crippen molar-refractivity contribution in [1.29, 1.82) is 0 Å². The standard InChI is InChI=1S/C12H12ClNO3/c1-2-5-14-12(16)8-17-11-4-3-10(13)6-9(11)7-15/h1,3-4,6,15H,5,7-8H2,(H,14,16). The van der Waals surface area contributed by atoms with Crippen molar-refractivity contribution in [3.8, 4) is 18.1 Å². The Morgan fingerprint density at radius 2 is 2.35 bits per heavy atom. The average molecular weight is 254 g/mol. The van der Waals surface area contributed by atoms with Gasteiger partial charge in [-0.2, -0.15) is 0 Å². The van der Waals surface area contributed by atoms with Gasteiger partial charge in [0.15, 0.2) is 6.61 Å². The molecule has 2 N–H and O–H groups in total. The third-order valence-corrected chi connectivity index (χ3v) is 2.17. The first kappa shape index (κ1) is 13.4. The summed E-state index contributed by atoms with van der Waals surface area (Å²) >= 11 is 5.76. The SMILES string of the molecule is C#CCNC(=O)COc1ccc(Cl)cc1CO. The number of carbonyl (C=O) groups excluding carboxylic acids is 1. The summed E-state index contributed by atoms with van der Waals surface area (Å²) in [7, 11) is 0. The van der Waals surface area contributed by atoms with Crippen LogP contribution in [0.25, 0.3) is 0 Å². The molecule has 0 radical (unpaired) electrons. The van der Waals surface area contributed by atoms with Gasteiger partial charge in [0.25, 0.3) is 5.91 Å². The van der Waals surface area contributed by atoms with Gasteiger partial charge in [0, 0.05) is 10.6 Å². The van der Waals surface area contributed by atoms with E-state index in [0.29, 0.717) is 16.3 Å². The summed E-state index contributed by atoms with van der Waals surface area (Å²) in [6, 6.07) is 4.80. The minimum absolute atomic E-state index is 0.156. The van der Waals surface area contributed by atoms with E-state index >= 15 is 0 Å². The molecule has 0 unspecified atom stereocenters. The van der Waals surface area contributed by atoms with Gasteiger partial charge in [-0.25, -0.2) is 0 Å². The maximum atomic E-state index is 11.2. The van der Waals surface area contributed by atoms with Crippen molar-refractivity contribution in [2.75, 3.05) is 13.2 Å². The van der Waals surface area contributed by atoms with Gasteiger partial charge in [0.1, 0.15) is 5.75 Å². The Kier molecular flexibility index (Phi) is 5.34. The van der Waals surface area contributed by atoms with Gasteiger partial charge in [-0.3, -0.25) is 4.79 Å². The van der Waals surface area contributed by atoms with Gasteiger partial charge >= 0.3 is 0 Å². The highest BCUT2D eigenvalue weighted by atomic mass is 35.5. The first-order valence-electron chi connectivity index (χ1n) is 4.89. The van der Waals surface area contributed by atoms with Gasteiger partial charge < -0.3 is 15.2 Å². The molecule has 0 atom stereocenters. The highest BCUT2D eigenvalue weighted by molar-refractivity contribution is 6.30. The average Bonchev–Trinajstić information content (AvgIpc) is 2.34. The van der Waals surface area contributed by atoms with Crippen LogP contribution >= 0.6 is 11.6 Å². The van der Waals surface area contributed by atoms with Gasteiger partial charge in [-0.15, -0.1) is 6.42 Å². The topological polar surface area (TPSA) is 58.6 Å². The number of rotatable bonds is 5. The first-order valence-corrected chi connectivity index (χ1v) is 5.27. The van der Waals surface area contributed by atoms with Crippen molar-refractivity contribution in [3.63, 3.8) is 0 Å². The van der Waals surface area contributed by atoms with Crippen LogP contribution in [0.4, 0.5) is 0 Å². The minimum atomic E-state index is -0.318. The molecule has 0 aromatic heterocycles. The molecule has 0 saturated carbocycles. The number of nitrogens with one attached hydrogen (secondary N) is 1. The van der Waals surface area contributed by atoms with Crippen LogP contribution in [-0.4, -0.2) is 24.2 Å². The number of aliphatic hydroxyl groups excluding tert-OH is 1. The molecule has 5 heteroatoms. The molecule has 0 aliphatic heterocycles. The van der Waals surface area contributed by atoms with Gasteiger partial charge in [0.2, 0.25) is 0 Å². The molecule has 90 valence electrons. The molecule has 1 amide bonds. The molecule has 17 heavy (non-hydrogen) atoms. The molecule has 0 aliphatic carbocycles. The van der Waals surface area contributed by atoms with Crippen LogP contribution in [0.2, 0.25) is 5.02 Å². The van der Waals surface area contributed by atoms with Crippen LogP contribution in [0.3, 0.4) is 0 Å². The van der Waals surface area contributed by atoms with Gasteiger partial charge in [0.05, 0.1) is 13.2 Å². The number of amides is 1. The maximum absolute atomic E-state index is 11.2. The van der Waals surface area contributed by atoms with Crippen molar-refractivity contribution in [2.24, 2.45) is 0 Å². The van der Waals surface area contributed by atoms with E-state index in [1.165, 1.54) is 0 Å². The Morgan fingerprint density at radius 3 is 3.00 bits per heavy atom. The van der Waals surface area contributed by atoms with Crippen molar-refractivity contribution >= 4 is 17.5 Å². The lowest BCUT2D eigenvalue weighted by atomic mass is 10.2. The summed E-state index contributed by atoms with van der Waals surface area (Å²) in [4.78, 5) is 11.2. The number of halogens is 1. The Morgan fingerprint density at radius 1 is 1.59 bits per heavy atom. The van der Waals surface area contributed by atoms with E-state index in [9.17, 15) is 4.79 Å². The largest absolute Gasteiger partial charge is 0.483 e. The number of hydrogen-bond acceptors (Lipinski definition) is 3. The number of aliphatic hydroxyl groups is 1. The quantitative estimate of drug-likeness (QED) is 0.769. The lowest BCUT2D eigenvalue weighted by Crippen LogP contribution is -2.29. The second-order valence-corrected chi connectivity index (χ2v) is 3.62. The van der Waals surface area contributed by atoms with Crippen LogP contribution in [-0.2, 0) is 11.4 Å². The summed E-state index contributed by atoms with van der Waals surface area (Å²) in [6.07, 6.45) is 4.99. The van der Waals surface area contributed by atoms with Crippen LogP contribution in [0.15, 0.2) is 18.2 Å². The summed E-state index contributed by atoms with van der Waals surface area (Å²) in [6.45, 7) is -0.201. The highest BCUT2D eigenvalue weighted by Crippen LogP contribution is 2.22. The summed E-state index contributed by atoms with van der Waals surface area (Å²) < 4.78 is 5.24. The first-order chi connectivity index (χ1) is 8.17. The van der Waals surface area contributed by atoms with Crippen molar-refractivity contribution in [1.82, 2.24) is 5.32 Å². The van der Waals surface area contributed by atoms with E-state index in [-0.39, 0.29) is 25.7 Å². The highest BCUT2D eigenvalue weighted by Gasteiger charge is 2.06. The zero-order valence-electron chi connectivity index (χ0n) is 9.07. The third kappa shape index (κ3) is 4.35. The summed E-state index contributed by atoms with van der Waals surface area (Å²) in [5.41, 5.74) is 0.530. The van der Waals surface area contributed by atoms with Crippen LogP contribution in [0.1, 0.15) is 5.56 Å². The smallest absolute Gasteiger partial charge is 0.258 e. The van der Waals surface area contributed by atoms with E-state index in [4.69, 9.17) is 27.9 Å². The van der Waals surface area contributed by atoms with Crippen LogP contribution < -0.4 is 10.1 Å². The predicted molar refractivity (Wildman–Crippen MR) is 64.7 cm³/mol. The Hall–Kier alpha value is -1.70. The summed E-state index contributed by atoms with van der Waals surface area (Å²) in [5, 5.41) is 12.0. The molecule has 0 fully saturated rings. The number of hydrogen-bond donors (Lipinski definition) is 2. The molecule has 1 aromatic rings. The lowest BCUT2D eigenvalue weighted by Gasteiger charge is -2.09. The molecule has 4 nitrogen and oxygen atoms in total. The van der Waals surface area contributed by atoms with E-state index in [1.54, 1.807) is 18.2 Å². The lowest BCUT2D eigenvalue weighted by molar-refractivity contribution is -0.122. The Balaban J connectivity index is 2.57. The predicted octanol–water partition coefficient (Wildman–Crippen LogP) is 0.960. The molecule has 0 saturated heterocycles. The van der Waals surface area contributed by atoms with Crippen LogP contribution in [0, 0.1) is 12.3 Å². The molecule has 1 rings (SSSR count). The van der Waals surface area contributed by atoms with Crippen molar-refractivity contribution < 1.29 is 14.6 Å². The normalized spacial score (nSPS) is 9.47. The second kappa shape index (κ2) is 6.79. The van der Waals surface area contributed by atoms with Crippen molar-refractivity contribution in [2.45, 2.75) is 6.61 Å². The number of carbonyl (C=O) groups is 1. The fourth-order valence-electron chi connectivity index (χ4n) is 1.16. The fraction of sp³-hybridized carbons (Fsp3) is 0.250. The Bertz CT molecular complexity index is 440. The zero-order chi connectivity index (χ0) is 12.7. The zero-order valence-corrected chi connectivity index (χ0v) is 9.83. The monoisotopic (exact) mass is 253 g/mol. The second-order valence-electron chi connectivity index (χ2n) is 3.18. The molecular formula is C12H12ClNO3. The Labute approximate surface area is 105 Å². The molecule has 0 aliphatic rings. The molecule has 1 aromatic carbocycles. The number of terminal acetylenes is 1. The number of benzene rings is 1. The van der Waals surface area contributed by atoms with E-state index in [1.807, 2.05) is 0 Å². The molecule has 0 spiro atoms. The summed E-state index contributed by atoms with van der Waals surface area (Å²) in [5.74, 6) is 2.39. The fourth-order valence-corrected chi connectivity index (χ4v) is 1.35. The van der Waals surface area contributed by atoms with Crippen molar-refractivity contribution in [3.05, 3.63) is 28.8 Å². The van der Waals surface area contributed by atoms with Gasteiger partial charge in [-0.05, 0) is 18.2 Å². The van der Waals surface area contributed by atoms with E-state index < -0.39 is 0 Å². The maximum Gasteiger partial charge on any atom is 0.258 e.